The van der Waals surface area contributed by atoms with E-state index in [2.05, 4.69) is 20.2 Å². The highest BCUT2D eigenvalue weighted by molar-refractivity contribution is 7.92. The number of benzene rings is 1. The number of halogens is 2. The van der Waals surface area contributed by atoms with Gasteiger partial charge < -0.3 is 5.32 Å². The summed E-state index contributed by atoms with van der Waals surface area (Å²) >= 11 is 11.6. The number of rotatable bonds is 4. The molecular weight excluding hydrogens is 339 g/mol. The van der Waals surface area contributed by atoms with Gasteiger partial charge in [-0.25, -0.2) is 8.42 Å². The quantitative estimate of drug-likeness (QED) is 0.784. The molecule has 0 aliphatic heterocycles. The monoisotopic (exact) mass is 348 g/mol. The van der Waals surface area contributed by atoms with Gasteiger partial charge in [-0.05, 0) is 18.2 Å². The lowest BCUT2D eigenvalue weighted by molar-refractivity contribution is 0.0959. The fourth-order valence-electron chi connectivity index (χ4n) is 1.54. The van der Waals surface area contributed by atoms with Crippen LogP contribution in [0, 0.1) is 0 Å². The number of aromatic amines is 1. The zero-order valence-electron chi connectivity index (χ0n) is 10.6. The SMILES string of the molecule is CNC(=O)c1n[nH]cc1NS(=O)(=O)c1cc(Cl)ccc1Cl. The number of H-pyrrole nitrogens is 1. The van der Waals surface area contributed by atoms with E-state index in [1.54, 1.807) is 0 Å². The zero-order chi connectivity index (χ0) is 15.6. The number of nitrogens with zero attached hydrogens (tertiary/aromatic N) is 1. The topological polar surface area (TPSA) is 104 Å². The van der Waals surface area contributed by atoms with Gasteiger partial charge in [-0.2, -0.15) is 5.10 Å². The second-order valence-corrected chi connectivity index (χ2v) is 6.40. The average molecular weight is 349 g/mol. The molecule has 1 aromatic carbocycles. The van der Waals surface area contributed by atoms with Crippen LogP contribution in [0.15, 0.2) is 29.3 Å². The number of hydrogen-bond donors (Lipinski definition) is 3. The summed E-state index contributed by atoms with van der Waals surface area (Å²) in [7, 11) is -2.60. The smallest absolute Gasteiger partial charge is 0.273 e. The van der Waals surface area contributed by atoms with Crippen molar-refractivity contribution in [2.75, 3.05) is 11.8 Å². The Morgan fingerprint density at radius 2 is 2.05 bits per heavy atom. The number of anilines is 1. The van der Waals surface area contributed by atoms with Crippen LogP contribution in [0.3, 0.4) is 0 Å². The number of nitrogens with one attached hydrogen (secondary N) is 3. The summed E-state index contributed by atoms with van der Waals surface area (Å²) in [5.74, 6) is -0.536. The molecule has 0 saturated carbocycles. The van der Waals surface area contributed by atoms with Crippen molar-refractivity contribution >= 4 is 44.8 Å². The summed E-state index contributed by atoms with van der Waals surface area (Å²) in [5, 5.41) is 8.68. The average Bonchev–Trinajstić information content (AvgIpc) is 2.87. The summed E-state index contributed by atoms with van der Waals surface area (Å²) in [4.78, 5) is 11.4. The lowest BCUT2D eigenvalue weighted by Crippen LogP contribution is -2.21. The van der Waals surface area contributed by atoms with Crippen LogP contribution in [-0.4, -0.2) is 31.6 Å². The summed E-state index contributed by atoms with van der Waals surface area (Å²) in [6.07, 6.45) is 1.25. The highest BCUT2D eigenvalue weighted by Crippen LogP contribution is 2.27. The molecule has 7 nitrogen and oxygen atoms in total. The molecule has 0 aliphatic carbocycles. The molecule has 0 saturated heterocycles. The van der Waals surface area contributed by atoms with Gasteiger partial charge in [0.25, 0.3) is 15.9 Å². The van der Waals surface area contributed by atoms with Crippen LogP contribution in [0.2, 0.25) is 10.0 Å². The number of carbonyl (C=O) groups is 1. The minimum Gasteiger partial charge on any atom is -0.354 e. The van der Waals surface area contributed by atoms with Gasteiger partial charge in [-0.3, -0.25) is 14.6 Å². The first-order valence-electron chi connectivity index (χ1n) is 5.59. The van der Waals surface area contributed by atoms with Gasteiger partial charge in [0, 0.05) is 18.3 Å². The van der Waals surface area contributed by atoms with E-state index in [4.69, 9.17) is 23.2 Å². The molecule has 3 N–H and O–H groups in total. The highest BCUT2D eigenvalue weighted by atomic mass is 35.5. The van der Waals surface area contributed by atoms with Crippen molar-refractivity contribution in [2.45, 2.75) is 4.90 Å². The number of amides is 1. The van der Waals surface area contributed by atoms with Crippen LogP contribution in [0.4, 0.5) is 5.69 Å². The van der Waals surface area contributed by atoms with Crippen LogP contribution in [0.5, 0.6) is 0 Å². The van der Waals surface area contributed by atoms with E-state index < -0.39 is 15.9 Å². The largest absolute Gasteiger partial charge is 0.354 e. The van der Waals surface area contributed by atoms with Crippen LogP contribution < -0.4 is 10.0 Å². The standard InChI is InChI=1S/C11H10Cl2N4O3S/c1-14-11(18)10-8(5-15-16-10)17-21(19,20)9-4-6(12)2-3-7(9)13/h2-5,17H,1H3,(H,14,18)(H,15,16). The molecule has 0 radical (unpaired) electrons. The molecular formula is C11H10Cl2N4O3S. The van der Waals surface area contributed by atoms with E-state index in [1.165, 1.54) is 31.4 Å². The van der Waals surface area contributed by atoms with Crippen molar-refractivity contribution in [3.8, 4) is 0 Å². The maximum absolute atomic E-state index is 12.3. The normalized spacial score (nSPS) is 11.2. The predicted octanol–water partition coefficient (Wildman–Crippen LogP) is 1.88. The fourth-order valence-corrected chi connectivity index (χ4v) is 3.36. The van der Waals surface area contributed by atoms with E-state index in [1.807, 2.05) is 0 Å². The third kappa shape index (κ3) is 3.29. The van der Waals surface area contributed by atoms with Gasteiger partial charge in [-0.1, -0.05) is 23.2 Å². The van der Waals surface area contributed by atoms with Gasteiger partial charge >= 0.3 is 0 Å². The molecule has 0 aliphatic rings. The number of hydrogen-bond acceptors (Lipinski definition) is 4. The van der Waals surface area contributed by atoms with E-state index in [0.29, 0.717) is 0 Å². The number of carbonyl (C=O) groups excluding carboxylic acids is 1. The molecule has 1 amide bonds. The molecule has 0 spiro atoms. The summed E-state index contributed by atoms with van der Waals surface area (Å²) in [5.41, 5.74) is -0.0791. The lowest BCUT2D eigenvalue weighted by Gasteiger charge is -2.09. The van der Waals surface area contributed by atoms with Crippen molar-refractivity contribution in [1.82, 2.24) is 15.5 Å². The van der Waals surface area contributed by atoms with Crippen molar-refractivity contribution in [2.24, 2.45) is 0 Å². The third-order valence-corrected chi connectivity index (χ3v) is 4.59. The van der Waals surface area contributed by atoms with Crippen LogP contribution in [-0.2, 0) is 10.0 Å². The number of sulfonamides is 1. The zero-order valence-corrected chi connectivity index (χ0v) is 13.0. The molecule has 2 aromatic rings. The Bertz CT molecular complexity index is 789. The second-order valence-electron chi connectivity index (χ2n) is 3.91. The van der Waals surface area contributed by atoms with Gasteiger partial charge in [0.05, 0.1) is 10.7 Å². The Hall–Kier alpha value is -1.77. The minimum absolute atomic E-state index is 0.00499. The van der Waals surface area contributed by atoms with E-state index in [-0.39, 0.29) is 26.3 Å². The molecule has 0 unspecified atom stereocenters. The highest BCUT2D eigenvalue weighted by Gasteiger charge is 2.22. The van der Waals surface area contributed by atoms with E-state index in [0.717, 1.165) is 0 Å². The van der Waals surface area contributed by atoms with Crippen LogP contribution in [0.1, 0.15) is 10.5 Å². The third-order valence-electron chi connectivity index (χ3n) is 2.51. The molecule has 0 fully saturated rings. The van der Waals surface area contributed by atoms with Crippen molar-refractivity contribution in [1.29, 1.82) is 0 Å². The second kappa shape index (κ2) is 5.92. The Labute approximate surface area is 130 Å². The lowest BCUT2D eigenvalue weighted by atomic mass is 10.3. The van der Waals surface area contributed by atoms with Crippen LogP contribution >= 0.6 is 23.2 Å². The van der Waals surface area contributed by atoms with Crippen molar-refractivity contribution in [3.05, 3.63) is 40.1 Å². The maximum Gasteiger partial charge on any atom is 0.273 e. The Balaban J connectivity index is 2.41. The molecule has 0 bridgehead atoms. The Morgan fingerprint density at radius 3 is 2.71 bits per heavy atom. The summed E-state index contributed by atoms with van der Waals surface area (Å²) in [6.45, 7) is 0. The molecule has 1 heterocycles. The summed E-state index contributed by atoms with van der Waals surface area (Å²) < 4.78 is 26.9. The van der Waals surface area contributed by atoms with Gasteiger partial charge in [0.15, 0.2) is 5.69 Å². The first-order valence-corrected chi connectivity index (χ1v) is 7.83. The van der Waals surface area contributed by atoms with Gasteiger partial charge in [-0.15, -0.1) is 0 Å². The summed E-state index contributed by atoms with van der Waals surface area (Å²) in [6, 6.07) is 4.05. The molecule has 1 aromatic heterocycles. The Kier molecular flexibility index (Phi) is 4.40. The Morgan fingerprint density at radius 1 is 1.33 bits per heavy atom. The number of aromatic nitrogens is 2. The fraction of sp³-hybridized carbons (Fsp3) is 0.0909. The first kappa shape index (κ1) is 15.6. The molecule has 0 atom stereocenters. The molecule has 21 heavy (non-hydrogen) atoms. The van der Waals surface area contributed by atoms with Gasteiger partial charge in [0.2, 0.25) is 0 Å². The van der Waals surface area contributed by atoms with E-state index in [9.17, 15) is 13.2 Å². The molecule has 112 valence electrons. The van der Waals surface area contributed by atoms with E-state index >= 15 is 0 Å². The van der Waals surface area contributed by atoms with Crippen molar-refractivity contribution < 1.29 is 13.2 Å². The molecule has 2 rings (SSSR count). The molecule has 10 heteroatoms. The minimum atomic E-state index is -4.01. The first-order chi connectivity index (χ1) is 9.85. The van der Waals surface area contributed by atoms with Gasteiger partial charge in [0.1, 0.15) is 4.90 Å². The predicted molar refractivity (Wildman–Crippen MR) is 79.2 cm³/mol. The maximum atomic E-state index is 12.3. The van der Waals surface area contributed by atoms with Crippen molar-refractivity contribution in [3.63, 3.8) is 0 Å². The van der Waals surface area contributed by atoms with Crippen LogP contribution in [0.25, 0.3) is 0 Å².